The standard InChI is InChI=1S/C29H25BO7/c1-2-18-29(37-27(33)22-16-10-5-11-17-22)24(36-26(32)21-14-8-4-9-15-21)23(35-28(29)30)19-34-25(31)20-12-6-3-7-13-20/h2-17,23-24,28H,1,18-19H2/t23?,24-,28?,29-/m1/s1. The van der Waals surface area contributed by atoms with Gasteiger partial charge in [-0.05, 0) is 36.4 Å². The first-order valence-corrected chi connectivity index (χ1v) is 11.7. The smallest absolute Gasteiger partial charge is 0.338 e. The molecule has 1 aliphatic rings. The summed E-state index contributed by atoms with van der Waals surface area (Å²) in [6.45, 7) is 3.47. The minimum atomic E-state index is -1.62. The molecule has 4 rings (SSSR count). The van der Waals surface area contributed by atoms with Crippen LogP contribution in [-0.2, 0) is 18.9 Å². The number of ether oxygens (including phenoxy) is 4. The summed E-state index contributed by atoms with van der Waals surface area (Å²) in [7, 11) is 6.36. The maximum Gasteiger partial charge on any atom is 0.338 e. The molecule has 1 fully saturated rings. The van der Waals surface area contributed by atoms with Gasteiger partial charge in [-0.2, -0.15) is 0 Å². The van der Waals surface area contributed by atoms with Crippen molar-refractivity contribution >= 4 is 25.8 Å². The maximum atomic E-state index is 13.1. The van der Waals surface area contributed by atoms with Gasteiger partial charge in [0.05, 0.1) is 22.7 Å². The van der Waals surface area contributed by atoms with Crippen molar-refractivity contribution in [2.45, 2.75) is 30.2 Å². The molecule has 1 aliphatic heterocycles. The van der Waals surface area contributed by atoms with E-state index >= 15 is 0 Å². The topological polar surface area (TPSA) is 88.1 Å². The van der Waals surface area contributed by atoms with Crippen LogP contribution in [0.5, 0.6) is 0 Å². The summed E-state index contributed by atoms with van der Waals surface area (Å²) < 4.78 is 23.2. The molecule has 0 N–H and O–H groups in total. The molecule has 8 heteroatoms. The molecule has 37 heavy (non-hydrogen) atoms. The van der Waals surface area contributed by atoms with E-state index in [4.69, 9.17) is 26.8 Å². The van der Waals surface area contributed by atoms with Crippen molar-refractivity contribution in [3.63, 3.8) is 0 Å². The van der Waals surface area contributed by atoms with E-state index in [0.717, 1.165) is 0 Å². The second-order valence-electron chi connectivity index (χ2n) is 8.45. The molecule has 2 radical (unpaired) electrons. The minimum absolute atomic E-state index is 0.0165. The Balaban J connectivity index is 1.63. The molecule has 3 aromatic rings. The summed E-state index contributed by atoms with van der Waals surface area (Å²) in [6, 6.07) is 23.9. The first kappa shape index (κ1) is 25.9. The number of carbonyl (C=O) groups is 3. The summed E-state index contributed by atoms with van der Waals surface area (Å²) >= 11 is 0. The van der Waals surface area contributed by atoms with Gasteiger partial charge in [0.2, 0.25) is 0 Å². The third-order valence-electron chi connectivity index (χ3n) is 6.01. The highest BCUT2D eigenvalue weighted by molar-refractivity contribution is 6.12. The first-order valence-electron chi connectivity index (χ1n) is 11.7. The Morgan fingerprint density at radius 1 is 0.811 bits per heavy atom. The maximum absolute atomic E-state index is 13.1. The van der Waals surface area contributed by atoms with E-state index in [1.165, 1.54) is 6.08 Å². The van der Waals surface area contributed by atoms with Crippen molar-refractivity contribution < 1.29 is 33.3 Å². The summed E-state index contributed by atoms with van der Waals surface area (Å²) in [4.78, 5) is 38.7. The fourth-order valence-electron chi connectivity index (χ4n) is 4.15. The van der Waals surface area contributed by atoms with Crippen LogP contribution in [0.4, 0.5) is 0 Å². The molecule has 7 nitrogen and oxygen atoms in total. The van der Waals surface area contributed by atoms with Crippen molar-refractivity contribution in [1.29, 1.82) is 0 Å². The Kier molecular flexibility index (Phi) is 8.20. The van der Waals surface area contributed by atoms with Crippen LogP contribution in [0.2, 0.25) is 0 Å². The minimum Gasteiger partial charge on any atom is -0.459 e. The number of hydrogen-bond donors (Lipinski definition) is 0. The van der Waals surface area contributed by atoms with Crippen molar-refractivity contribution in [1.82, 2.24) is 0 Å². The second-order valence-corrected chi connectivity index (χ2v) is 8.45. The van der Waals surface area contributed by atoms with Crippen LogP contribution in [0.25, 0.3) is 0 Å². The average molecular weight is 496 g/mol. The molecule has 186 valence electrons. The summed E-state index contributed by atoms with van der Waals surface area (Å²) in [6.07, 6.45) is -0.700. The third kappa shape index (κ3) is 5.81. The van der Waals surface area contributed by atoms with Gasteiger partial charge in [-0.3, -0.25) is 0 Å². The van der Waals surface area contributed by atoms with Crippen molar-refractivity contribution in [3.05, 3.63) is 120 Å². The first-order chi connectivity index (χ1) is 17.9. The zero-order chi connectivity index (χ0) is 26.3. The Bertz CT molecular complexity index is 1230. The SMILES string of the molecule is [B]C1OC(COC(=O)c2ccccc2)[C@@H](OC(=O)c2ccccc2)[C@@]1(CC=C)OC(=O)c1ccccc1. The van der Waals surface area contributed by atoms with E-state index < -0.39 is 41.7 Å². The van der Waals surface area contributed by atoms with Crippen LogP contribution in [0.3, 0.4) is 0 Å². The number of carbonyl (C=O) groups excluding carboxylic acids is 3. The van der Waals surface area contributed by atoms with Crippen LogP contribution in [-0.4, -0.2) is 56.2 Å². The quantitative estimate of drug-likeness (QED) is 0.191. The van der Waals surface area contributed by atoms with Crippen molar-refractivity contribution in [2.24, 2.45) is 0 Å². The monoisotopic (exact) mass is 496 g/mol. The fraction of sp³-hybridized carbons (Fsp3) is 0.207. The molecule has 2 unspecified atom stereocenters. The second kappa shape index (κ2) is 11.7. The molecular formula is C29H25BO7. The Hall–Kier alpha value is -4.17. The highest BCUT2D eigenvalue weighted by Crippen LogP contribution is 2.40. The molecule has 4 atom stereocenters. The van der Waals surface area contributed by atoms with E-state index in [1.807, 2.05) is 0 Å². The molecule has 0 amide bonds. The third-order valence-corrected chi connectivity index (χ3v) is 6.01. The summed E-state index contributed by atoms with van der Waals surface area (Å²) in [5.74, 6) is -1.94. The van der Waals surface area contributed by atoms with E-state index in [9.17, 15) is 14.4 Å². The Labute approximate surface area is 216 Å². The lowest BCUT2D eigenvalue weighted by atomic mass is 9.77. The van der Waals surface area contributed by atoms with Gasteiger partial charge in [-0.15, -0.1) is 6.58 Å². The Morgan fingerprint density at radius 3 is 1.81 bits per heavy atom. The van der Waals surface area contributed by atoms with Crippen LogP contribution < -0.4 is 0 Å². The molecule has 3 aromatic carbocycles. The van der Waals surface area contributed by atoms with Gasteiger partial charge in [-0.1, -0.05) is 60.7 Å². The molecule has 0 aromatic heterocycles. The molecule has 0 saturated carbocycles. The largest absolute Gasteiger partial charge is 0.459 e. The number of hydrogen-bond acceptors (Lipinski definition) is 7. The van der Waals surface area contributed by atoms with Crippen molar-refractivity contribution in [2.75, 3.05) is 6.61 Å². The van der Waals surface area contributed by atoms with Gasteiger partial charge in [0.15, 0.2) is 11.7 Å². The van der Waals surface area contributed by atoms with Crippen LogP contribution in [0, 0.1) is 0 Å². The zero-order valence-electron chi connectivity index (χ0n) is 20.0. The predicted octanol–water partition coefficient (Wildman–Crippen LogP) is 4.13. The van der Waals surface area contributed by atoms with Gasteiger partial charge in [0.25, 0.3) is 0 Å². The lowest BCUT2D eigenvalue weighted by Gasteiger charge is -2.36. The molecule has 0 aliphatic carbocycles. The van der Waals surface area contributed by atoms with Crippen LogP contribution >= 0.6 is 0 Å². The normalized spacial score (nSPS) is 22.5. The number of esters is 3. The summed E-state index contributed by atoms with van der Waals surface area (Å²) in [5.41, 5.74) is -0.714. The summed E-state index contributed by atoms with van der Waals surface area (Å²) in [5, 5.41) is 0. The van der Waals surface area contributed by atoms with Gasteiger partial charge in [0, 0.05) is 6.42 Å². The van der Waals surface area contributed by atoms with Crippen LogP contribution in [0.15, 0.2) is 104 Å². The van der Waals surface area contributed by atoms with Gasteiger partial charge in [0.1, 0.15) is 20.6 Å². The lowest BCUT2D eigenvalue weighted by Crippen LogP contribution is -2.54. The highest BCUT2D eigenvalue weighted by atomic mass is 16.7. The lowest BCUT2D eigenvalue weighted by molar-refractivity contribution is -0.0858. The number of benzene rings is 3. The predicted molar refractivity (Wildman–Crippen MR) is 136 cm³/mol. The van der Waals surface area contributed by atoms with Crippen LogP contribution in [0.1, 0.15) is 37.5 Å². The molecule has 1 saturated heterocycles. The molecule has 0 bridgehead atoms. The van der Waals surface area contributed by atoms with Gasteiger partial charge >= 0.3 is 17.9 Å². The number of rotatable bonds is 9. The molecule has 1 heterocycles. The molecule has 0 spiro atoms. The molecular weight excluding hydrogens is 471 g/mol. The zero-order valence-corrected chi connectivity index (χ0v) is 20.0. The fourth-order valence-corrected chi connectivity index (χ4v) is 4.15. The highest BCUT2D eigenvalue weighted by Gasteiger charge is 2.59. The van der Waals surface area contributed by atoms with E-state index in [0.29, 0.717) is 5.56 Å². The van der Waals surface area contributed by atoms with E-state index in [1.54, 1.807) is 91.0 Å². The van der Waals surface area contributed by atoms with E-state index in [-0.39, 0.29) is 24.2 Å². The Morgan fingerprint density at radius 2 is 1.30 bits per heavy atom. The average Bonchev–Trinajstić information content (AvgIpc) is 3.18. The van der Waals surface area contributed by atoms with Gasteiger partial charge in [-0.25, -0.2) is 14.4 Å². The van der Waals surface area contributed by atoms with E-state index in [2.05, 4.69) is 6.58 Å². The van der Waals surface area contributed by atoms with Crippen molar-refractivity contribution in [3.8, 4) is 0 Å². The van der Waals surface area contributed by atoms with Gasteiger partial charge < -0.3 is 18.9 Å².